The van der Waals surface area contributed by atoms with Crippen LogP contribution in [0.1, 0.15) is 17.5 Å². The Bertz CT molecular complexity index is 695. The maximum Gasteiger partial charge on any atom is 0.239 e. The number of aryl methyl sites for hydroxylation is 1. The van der Waals surface area contributed by atoms with Crippen LogP contribution in [0.5, 0.6) is 0 Å². The summed E-state index contributed by atoms with van der Waals surface area (Å²) in [5, 5.41) is 2.87. The molecule has 0 saturated carbocycles. The average molecular weight is 308 g/mol. The zero-order chi connectivity index (χ0) is 16.2. The number of rotatable bonds is 4. The minimum atomic E-state index is -0.583. The predicted molar refractivity (Wildman–Crippen MR) is 89.9 cm³/mol. The fraction of sp³-hybridized carbons (Fsp3) is 0.263. The van der Waals surface area contributed by atoms with E-state index in [0.29, 0.717) is 19.5 Å². The van der Waals surface area contributed by atoms with Crippen molar-refractivity contribution in [2.75, 3.05) is 11.4 Å². The van der Waals surface area contributed by atoms with Crippen LogP contribution in [0.4, 0.5) is 5.69 Å². The first kappa shape index (κ1) is 15.3. The second kappa shape index (κ2) is 6.65. The Labute approximate surface area is 136 Å². The molecule has 0 spiro atoms. The van der Waals surface area contributed by atoms with Crippen LogP contribution >= 0.6 is 0 Å². The summed E-state index contributed by atoms with van der Waals surface area (Å²) in [6.07, 6.45) is 0.563. The zero-order valence-electron chi connectivity index (χ0n) is 13.2. The third kappa shape index (κ3) is 3.42. The molecule has 0 aromatic heterocycles. The molecule has 1 aliphatic heterocycles. The van der Waals surface area contributed by atoms with Crippen molar-refractivity contribution in [2.24, 2.45) is 5.92 Å². The lowest BCUT2D eigenvalue weighted by atomic mass is 10.1. The van der Waals surface area contributed by atoms with Gasteiger partial charge in [-0.15, -0.1) is 0 Å². The van der Waals surface area contributed by atoms with Crippen LogP contribution in [0, 0.1) is 12.8 Å². The van der Waals surface area contributed by atoms with Gasteiger partial charge in [0.05, 0.1) is 0 Å². The molecule has 0 aliphatic carbocycles. The van der Waals surface area contributed by atoms with Crippen molar-refractivity contribution in [3.8, 4) is 0 Å². The number of hydrogen-bond acceptors (Lipinski definition) is 2. The van der Waals surface area contributed by atoms with Gasteiger partial charge in [0, 0.05) is 18.8 Å². The monoisotopic (exact) mass is 308 g/mol. The molecular weight excluding hydrogens is 288 g/mol. The van der Waals surface area contributed by atoms with Crippen LogP contribution in [0.3, 0.4) is 0 Å². The summed E-state index contributed by atoms with van der Waals surface area (Å²) in [5.74, 6) is -0.882. The highest BCUT2D eigenvalue weighted by Crippen LogP contribution is 2.25. The molecule has 1 fully saturated rings. The van der Waals surface area contributed by atoms with E-state index in [1.807, 2.05) is 61.5 Å². The van der Waals surface area contributed by atoms with Gasteiger partial charge < -0.3 is 10.2 Å². The maximum absolute atomic E-state index is 12.5. The Hall–Kier alpha value is -2.62. The van der Waals surface area contributed by atoms with Crippen molar-refractivity contribution < 1.29 is 9.59 Å². The van der Waals surface area contributed by atoms with Crippen molar-refractivity contribution >= 4 is 17.5 Å². The minimum Gasteiger partial charge on any atom is -0.351 e. The molecule has 2 aromatic rings. The van der Waals surface area contributed by atoms with Gasteiger partial charge in [0.1, 0.15) is 5.92 Å². The molecule has 3 rings (SSSR count). The summed E-state index contributed by atoms with van der Waals surface area (Å²) in [6.45, 7) is 3.05. The first-order chi connectivity index (χ1) is 11.1. The van der Waals surface area contributed by atoms with E-state index in [-0.39, 0.29) is 11.8 Å². The Kier molecular flexibility index (Phi) is 4.42. The molecule has 1 aliphatic rings. The average Bonchev–Trinajstić information content (AvgIpc) is 2.96. The van der Waals surface area contributed by atoms with Gasteiger partial charge in [-0.1, -0.05) is 48.0 Å². The molecule has 1 saturated heterocycles. The lowest BCUT2D eigenvalue weighted by Gasteiger charge is -2.17. The van der Waals surface area contributed by atoms with Crippen LogP contribution in [0.2, 0.25) is 0 Å². The summed E-state index contributed by atoms with van der Waals surface area (Å²) >= 11 is 0. The molecule has 0 radical (unpaired) electrons. The molecule has 118 valence electrons. The first-order valence-electron chi connectivity index (χ1n) is 7.85. The summed E-state index contributed by atoms with van der Waals surface area (Å²) in [6, 6.07) is 17.5. The van der Waals surface area contributed by atoms with Crippen molar-refractivity contribution in [2.45, 2.75) is 19.9 Å². The zero-order valence-corrected chi connectivity index (χ0v) is 13.2. The standard InChI is InChI=1S/C19H20N2O2/c1-14-7-9-16(10-8-14)21-12-11-17(19(21)23)18(22)20-13-15-5-3-2-4-6-15/h2-10,17H,11-13H2,1H3,(H,20,22). The van der Waals surface area contributed by atoms with Crippen molar-refractivity contribution in [1.29, 1.82) is 0 Å². The van der Waals surface area contributed by atoms with Gasteiger partial charge in [0.2, 0.25) is 11.8 Å². The summed E-state index contributed by atoms with van der Waals surface area (Å²) in [4.78, 5) is 26.5. The molecule has 4 nitrogen and oxygen atoms in total. The second-order valence-electron chi connectivity index (χ2n) is 5.87. The Morgan fingerprint density at radius 2 is 1.83 bits per heavy atom. The topological polar surface area (TPSA) is 49.4 Å². The van der Waals surface area contributed by atoms with E-state index in [1.54, 1.807) is 4.90 Å². The lowest BCUT2D eigenvalue weighted by molar-refractivity contribution is -0.132. The number of nitrogens with zero attached hydrogens (tertiary/aromatic N) is 1. The van der Waals surface area contributed by atoms with Crippen LogP contribution in [-0.4, -0.2) is 18.4 Å². The van der Waals surface area contributed by atoms with E-state index < -0.39 is 5.92 Å². The molecular formula is C19H20N2O2. The van der Waals surface area contributed by atoms with Gasteiger partial charge in [0.15, 0.2) is 0 Å². The molecule has 1 atom stereocenters. The largest absolute Gasteiger partial charge is 0.351 e. The van der Waals surface area contributed by atoms with Gasteiger partial charge in [0.25, 0.3) is 0 Å². The van der Waals surface area contributed by atoms with E-state index in [2.05, 4.69) is 5.32 Å². The number of benzene rings is 2. The third-order valence-corrected chi connectivity index (χ3v) is 4.18. The number of carbonyl (C=O) groups is 2. The Morgan fingerprint density at radius 1 is 1.13 bits per heavy atom. The van der Waals surface area contributed by atoms with Crippen LogP contribution in [0.15, 0.2) is 54.6 Å². The van der Waals surface area contributed by atoms with E-state index in [0.717, 1.165) is 16.8 Å². The highest BCUT2D eigenvalue weighted by Gasteiger charge is 2.37. The number of carbonyl (C=O) groups excluding carboxylic acids is 2. The number of anilines is 1. The minimum absolute atomic E-state index is 0.112. The van der Waals surface area contributed by atoms with Crippen LogP contribution in [-0.2, 0) is 16.1 Å². The molecule has 2 amide bonds. The highest BCUT2D eigenvalue weighted by molar-refractivity contribution is 6.09. The fourth-order valence-corrected chi connectivity index (χ4v) is 2.81. The molecule has 1 N–H and O–H groups in total. The van der Waals surface area contributed by atoms with Gasteiger partial charge in [-0.25, -0.2) is 0 Å². The third-order valence-electron chi connectivity index (χ3n) is 4.18. The predicted octanol–water partition coefficient (Wildman–Crippen LogP) is 2.66. The lowest BCUT2D eigenvalue weighted by Crippen LogP contribution is -2.36. The van der Waals surface area contributed by atoms with Gasteiger partial charge in [-0.3, -0.25) is 9.59 Å². The summed E-state index contributed by atoms with van der Waals surface area (Å²) in [5.41, 5.74) is 3.04. The molecule has 1 unspecified atom stereocenters. The van der Waals surface area contributed by atoms with E-state index >= 15 is 0 Å². The number of amides is 2. The van der Waals surface area contributed by atoms with E-state index in [1.165, 1.54) is 0 Å². The SMILES string of the molecule is Cc1ccc(N2CCC(C(=O)NCc3ccccc3)C2=O)cc1. The van der Waals surface area contributed by atoms with Gasteiger partial charge in [-0.05, 0) is 31.0 Å². The summed E-state index contributed by atoms with van der Waals surface area (Å²) < 4.78 is 0. The van der Waals surface area contributed by atoms with Crippen molar-refractivity contribution in [3.63, 3.8) is 0 Å². The smallest absolute Gasteiger partial charge is 0.239 e. The number of nitrogens with one attached hydrogen (secondary N) is 1. The maximum atomic E-state index is 12.5. The molecule has 2 aromatic carbocycles. The molecule has 23 heavy (non-hydrogen) atoms. The van der Waals surface area contributed by atoms with Crippen LogP contribution in [0.25, 0.3) is 0 Å². The normalized spacial score (nSPS) is 17.3. The van der Waals surface area contributed by atoms with Crippen LogP contribution < -0.4 is 10.2 Å². The van der Waals surface area contributed by atoms with Gasteiger partial charge in [-0.2, -0.15) is 0 Å². The van der Waals surface area contributed by atoms with Crippen molar-refractivity contribution in [3.05, 3.63) is 65.7 Å². The molecule has 1 heterocycles. The number of hydrogen-bond donors (Lipinski definition) is 1. The Balaban J connectivity index is 1.62. The molecule has 0 bridgehead atoms. The molecule has 4 heteroatoms. The Morgan fingerprint density at radius 3 is 2.52 bits per heavy atom. The van der Waals surface area contributed by atoms with Gasteiger partial charge >= 0.3 is 0 Å². The quantitative estimate of drug-likeness (QED) is 0.883. The van der Waals surface area contributed by atoms with E-state index in [4.69, 9.17) is 0 Å². The fourth-order valence-electron chi connectivity index (χ4n) is 2.81. The second-order valence-corrected chi connectivity index (χ2v) is 5.87. The van der Waals surface area contributed by atoms with Crippen molar-refractivity contribution in [1.82, 2.24) is 5.32 Å². The van der Waals surface area contributed by atoms with E-state index in [9.17, 15) is 9.59 Å². The first-order valence-corrected chi connectivity index (χ1v) is 7.85. The summed E-state index contributed by atoms with van der Waals surface area (Å²) in [7, 11) is 0. The highest BCUT2D eigenvalue weighted by atomic mass is 16.2.